The first kappa shape index (κ1) is 18.1. The molecule has 2 aromatic rings. The van der Waals surface area contributed by atoms with Crippen molar-refractivity contribution in [1.29, 1.82) is 0 Å². The average Bonchev–Trinajstić information content (AvgIpc) is 2.97. The molecule has 0 spiro atoms. The van der Waals surface area contributed by atoms with Crippen LogP contribution in [0.2, 0.25) is 0 Å². The highest BCUT2D eigenvalue weighted by atomic mass is 15.3. The molecule has 1 aliphatic rings. The fourth-order valence-electron chi connectivity index (χ4n) is 3.92. The van der Waals surface area contributed by atoms with Gasteiger partial charge in [-0.3, -0.25) is 4.98 Å². The van der Waals surface area contributed by atoms with Gasteiger partial charge in [0.25, 0.3) is 0 Å². The van der Waals surface area contributed by atoms with Gasteiger partial charge in [-0.25, -0.2) is 0 Å². The van der Waals surface area contributed by atoms with Crippen LogP contribution >= 0.6 is 0 Å². The fourth-order valence-corrected chi connectivity index (χ4v) is 3.92. The van der Waals surface area contributed by atoms with Gasteiger partial charge in [-0.15, -0.1) is 10.2 Å². The molecule has 1 fully saturated rings. The number of hydrogen-bond donors (Lipinski definition) is 0. The second-order valence-corrected chi connectivity index (χ2v) is 8.31. The van der Waals surface area contributed by atoms with Gasteiger partial charge in [0.1, 0.15) is 5.82 Å². The van der Waals surface area contributed by atoms with Crippen LogP contribution in [-0.4, -0.2) is 19.7 Å². The van der Waals surface area contributed by atoms with E-state index in [1.165, 1.54) is 43.4 Å². The number of nitrogens with zero attached hydrogens (tertiary/aromatic N) is 4. The maximum absolute atomic E-state index is 4.79. The lowest BCUT2D eigenvalue weighted by molar-refractivity contribution is 0.437. The number of aromatic nitrogens is 4. The summed E-state index contributed by atoms with van der Waals surface area (Å²) >= 11 is 0. The topological polar surface area (TPSA) is 43.6 Å². The predicted molar refractivity (Wildman–Crippen MR) is 102 cm³/mol. The van der Waals surface area contributed by atoms with E-state index in [-0.39, 0.29) is 0 Å². The van der Waals surface area contributed by atoms with Crippen molar-refractivity contribution in [3.63, 3.8) is 0 Å². The smallest absolute Gasteiger partial charge is 0.165 e. The number of pyridine rings is 1. The van der Waals surface area contributed by atoms with E-state index < -0.39 is 0 Å². The zero-order valence-corrected chi connectivity index (χ0v) is 16.2. The van der Waals surface area contributed by atoms with E-state index in [2.05, 4.69) is 48.5 Å². The standard InChI is InChI=1S/C21H32N4/c1-15(2)13-19-23-24-21(25(19)14-16(3)4)18-11-8-12-22-20(18)17-9-6-5-7-10-17/h8,11-12,15-17H,5-7,9-10,13-14H2,1-4H3. The van der Waals surface area contributed by atoms with E-state index in [9.17, 15) is 0 Å². The molecule has 1 saturated carbocycles. The Bertz CT molecular complexity index is 681. The minimum Gasteiger partial charge on any atom is -0.311 e. The summed E-state index contributed by atoms with van der Waals surface area (Å²) in [4.78, 5) is 4.79. The van der Waals surface area contributed by atoms with Gasteiger partial charge in [0, 0.05) is 30.6 Å². The van der Waals surface area contributed by atoms with Crippen LogP contribution in [-0.2, 0) is 13.0 Å². The van der Waals surface area contributed by atoms with Crippen LogP contribution < -0.4 is 0 Å². The summed E-state index contributed by atoms with van der Waals surface area (Å²) in [6, 6.07) is 4.23. The Balaban J connectivity index is 2.02. The molecule has 0 unspecified atom stereocenters. The average molecular weight is 341 g/mol. The molecule has 25 heavy (non-hydrogen) atoms. The van der Waals surface area contributed by atoms with Gasteiger partial charge < -0.3 is 4.57 Å². The van der Waals surface area contributed by atoms with Gasteiger partial charge in [0.05, 0.1) is 5.69 Å². The second kappa shape index (κ2) is 8.11. The van der Waals surface area contributed by atoms with Crippen molar-refractivity contribution in [2.75, 3.05) is 0 Å². The first-order valence-electron chi connectivity index (χ1n) is 9.93. The summed E-state index contributed by atoms with van der Waals surface area (Å²) in [7, 11) is 0. The van der Waals surface area contributed by atoms with Crippen molar-refractivity contribution >= 4 is 0 Å². The van der Waals surface area contributed by atoms with E-state index >= 15 is 0 Å². The Morgan fingerprint density at radius 2 is 1.80 bits per heavy atom. The molecule has 136 valence electrons. The number of rotatable bonds is 6. The molecule has 0 aliphatic heterocycles. The highest BCUT2D eigenvalue weighted by Crippen LogP contribution is 2.36. The quantitative estimate of drug-likeness (QED) is 0.722. The molecule has 0 N–H and O–H groups in total. The van der Waals surface area contributed by atoms with Gasteiger partial charge >= 0.3 is 0 Å². The van der Waals surface area contributed by atoms with Gasteiger partial charge in [0.2, 0.25) is 0 Å². The largest absolute Gasteiger partial charge is 0.311 e. The molecule has 0 saturated heterocycles. The normalized spacial score (nSPS) is 16.1. The third-order valence-corrected chi connectivity index (χ3v) is 5.04. The lowest BCUT2D eigenvalue weighted by atomic mass is 9.85. The summed E-state index contributed by atoms with van der Waals surface area (Å²) in [5, 5.41) is 9.18. The Kier molecular flexibility index (Phi) is 5.87. The fraction of sp³-hybridized carbons (Fsp3) is 0.667. The first-order chi connectivity index (χ1) is 12.1. The van der Waals surface area contributed by atoms with Crippen LogP contribution in [0.3, 0.4) is 0 Å². The Hall–Kier alpha value is -1.71. The van der Waals surface area contributed by atoms with E-state index in [1.54, 1.807) is 0 Å². The molecule has 0 aromatic carbocycles. The monoisotopic (exact) mass is 340 g/mol. The van der Waals surface area contributed by atoms with Crippen LogP contribution in [0.25, 0.3) is 11.4 Å². The van der Waals surface area contributed by atoms with E-state index in [0.717, 1.165) is 24.6 Å². The van der Waals surface area contributed by atoms with E-state index in [0.29, 0.717) is 17.8 Å². The molecule has 1 aliphatic carbocycles. The summed E-state index contributed by atoms with van der Waals surface area (Å²) in [5.74, 6) is 3.84. The van der Waals surface area contributed by atoms with Crippen molar-refractivity contribution in [2.45, 2.75) is 78.7 Å². The Morgan fingerprint density at radius 1 is 1.04 bits per heavy atom. The molecular weight excluding hydrogens is 308 g/mol. The summed E-state index contributed by atoms with van der Waals surface area (Å²) in [5.41, 5.74) is 2.42. The summed E-state index contributed by atoms with van der Waals surface area (Å²) in [6.07, 6.45) is 9.41. The molecule has 0 amide bonds. The lowest BCUT2D eigenvalue weighted by Gasteiger charge is -2.23. The minimum atomic E-state index is 0.565. The molecule has 4 heteroatoms. The molecule has 3 rings (SSSR count). The lowest BCUT2D eigenvalue weighted by Crippen LogP contribution is -2.14. The Labute approximate surface area is 152 Å². The third-order valence-electron chi connectivity index (χ3n) is 5.04. The highest BCUT2D eigenvalue weighted by molar-refractivity contribution is 5.59. The van der Waals surface area contributed by atoms with Crippen molar-refractivity contribution in [3.8, 4) is 11.4 Å². The van der Waals surface area contributed by atoms with E-state index in [1.807, 2.05) is 12.3 Å². The SMILES string of the molecule is CC(C)Cc1nnc(-c2cccnc2C2CCCCC2)n1CC(C)C. The van der Waals surface area contributed by atoms with Gasteiger partial charge in [-0.1, -0.05) is 47.0 Å². The highest BCUT2D eigenvalue weighted by Gasteiger charge is 2.24. The Morgan fingerprint density at radius 3 is 2.48 bits per heavy atom. The second-order valence-electron chi connectivity index (χ2n) is 8.31. The molecule has 4 nitrogen and oxygen atoms in total. The van der Waals surface area contributed by atoms with E-state index in [4.69, 9.17) is 4.98 Å². The van der Waals surface area contributed by atoms with Crippen LogP contribution in [0, 0.1) is 11.8 Å². The minimum absolute atomic E-state index is 0.565. The van der Waals surface area contributed by atoms with Gasteiger partial charge in [-0.2, -0.15) is 0 Å². The zero-order chi connectivity index (χ0) is 17.8. The van der Waals surface area contributed by atoms with Crippen LogP contribution in [0.4, 0.5) is 0 Å². The molecule has 0 atom stereocenters. The van der Waals surface area contributed by atoms with Gasteiger partial charge in [-0.05, 0) is 36.8 Å². The molecule has 2 aromatic heterocycles. The van der Waals surface area contributed by atoms with Crippen molar-refractivity contribution < 1.29 is 0 Å². The molecular formula is C21H32N4. The van der Waals surface area contributed by atoms with Crippen LogP contribution in [0.5, 0.6) is 0 Å². The van der Waals surface area contributed by atoms with Crippen LogP contribution in [0.15, 0.2) is 18.3 Å². The maximum atomic E-state index is 4.79. The molecule has 2 heterocycles. The molecule has 0 radical (unpaired) electrons. The number of hydrogen-bond acceptors (Lipinski definition) is 3. The van der Waals surface area contributed by atoms with Crippen molar-refractivity contribution in [3.05, 3.63) is 29.8 Å². The first-order valence-corrected chi connectivity index (χ1v) is 9.93. The van der Waals surface area contributed by atoms with Crippen molar-refractivity contribution in [2.24, 2.45) is 11.8 Å². The third kappa shape index (κ3) is 4.28. The van der Waals surface area contributed by atoms with Crippen LogP contribution in [0.1, 0.15) is 77.2 Å². The predicted octanol–water partition coefficient (Wildman–Crippen LogP) is 5.24. The summed E-state index contributed by atoms with van der Waals surface area (Å²) in [6.45, 7) is 9.96. The molecule has 0 bridgehead atoms. The van der Waals surface area contributed by atoms with Crippen molar-refractivity contribution in [1.82, 2.24) is 19.7 Å². The maximum Gasteiger partial charge on any atom is 0.165 e. The van der Waals surface area contributed by atoms with Gasteiger partial charge in [0.15, 0.2) is 5.82 Å². The summed E-state index contributed by atoms with van der Waals surface area (Å²) < 4.78 is 2.34. The zero-order valence-electron chi connectivity index (χ0n) is 16.2.